The van der Waals surface area contributed by atoms with Crippen LogP contribution in [0.2, 0.25) is 0 Å². The summed E-state index contributed by atoms with van der Waals surface area (Å²) in [5, 5.41) is 3.66. The van der Waals surface area contributed by atoms with E-state index in [1.54, 1.807) is 0 Å². The molecule has 0 radical (unpaired) electrons. The molecule has 1 N–H and O–H groups in total. The van der Waals surface area contributed by atoms with Crippen molar-refractivity contribution < 1.29 is 4.74 Å². The first-order valence-electron chi connectivity index (χ1n) is 9.00. The van der Waals surface area contributed by atoms with Gasteiger partial charge in [-0.25, -0.2) is 0 Å². The monoisotopic (exact) mass is 461 g/mol. The Morgan fingerprint density at radius 3 is 2.11 bits per heavy atom. The summed E-state index contributed by atoms with van der Waals surface area (Å²) in [6, 6.07) is 25.9. The average molecular weight is 461 g/mol. The van der Waals surface area contributed by atoms with Gasteiger partial charge in [-0.15, -0.1) is 0 Å². The van der Waals surface area contributed by atoms with Gasteiger partial charge in [0.1, 0.15) is 11.5 Å². The maximum atomic E-state index is 6.37. The summed E-state index contributed by atoms with van der Waals surface area (Å²) in [6.45, 7) is 0. The highest BCUT2D eigenvalue weighted by atomic mass is 127. The minimum Gasteiger partial charge on any atom is -0.456 e. The smallest absolute Gasteiger partial charge is 0.137 e. The lowest BCUT2D eigenvalue weighted by Gasteiger charge is -2.45. The van der Waals surface area contributed by atoms with Crippen LogP contribution in [-0.4, -0.2) is 4.01 Å². The Morgan fingerprint density at radius 1 is 0.741 bits per heavy atom. The fraction of sp³-hybridized carbons (Fsp3) is 0.0417. The van der Waals surface area contributed by atoms with Crippen LogP contribution in [-0.2, 0) is 5.41 Å². The molecular formula is C24H16INO. The Morgan fingerprint density at radius 2 is 1.37 bits per heavy atom. The lowest BCUT2D eigenvalue weighted by Crippen LogP contribution is -2.38. The Labute approximate surface area is 167 Å². The molecule has 0 aromatic heterocycles. The molecule has 0 saturated heterocycles. The number of halogens is 1. The zero-order chi connectivity index (χ0) is 17.8. The van der Waals surface area contributed by atoms with E-state index in [4.69, 9.17) is 4.74 Å². The highest BCUT2D eigenvalue weighted by Gasteiger charge is 2.50. The summed E-state index contributed by atoms with van der Waals surface area (Å²) in [7, 11) is 0. The molecule has 0 amide bonds. The van der Waals surface area contributed by atoms with Crippen molar-refractivity contribution in [2.24, 2.45) is 0 Å². The molecule has 3 aliphatic rings. The third kappa shape index (κ3) is 1.98. The number of anilines is 2. The third-order valence-corrected chi connectivity index (χ3v) is 8.22. The van der Waals surface area contributed by atoms with Gasteiger partial charge in [-0.2, -0.15) is 0 Å². The summed E-state index contributed by atoms with van der Waals surface area (Å²) in [5.41, 5.74) is 5.94. The maximum Gasteiger partial charge on any atom is 0.137 e. The van der Waals surface area contributed by atoms with Crippen LogP contribution in [0.3, 0.4) is 0 Å². The van der Waals surface area contributed by atoms with Gasteiger partial charge in [0.05, 0.1) is 5.41 Å². The number of fused-ring (bicyclic) bond motifs is 7. The largest absolute Gasteiger partial charge is 0.456 e. The Balaban J connectivity index is 1.84. The number of ether oxygens (including phenoxy) is 1. The van der Waals surface area contributed by atoms with E-state index < -0.39 is 0 Å². The van der Waals surface area contributed by atoms with Crippen molar-refractivity contribution >= 4 is 36.1 Å². The van der Waals surface area contributed by atoms with Gasteiger partial charge in [-0.05, 0) is 39.4 Å². The third-order valence-electron chi connectivity index (χ3n) is 5.48. The van der Waals surface area contributed by atoms with Crippen molar-refractivity contribution in [3.8, 4) is 5.75 Å². The number of nitrogens with one attached hydrogen (secondary N) is 1. The standard InChI is InChI=1S/C24H16INO/c1-4-11-19-16(8-1)24(17-9-2-5-12-20(17)26-19)18-10-3-6-13-21(18)27-22-14-7-15-25-23(22)24/h1-15,26H. The van der Waals surface area contributed by atoms with E-state index in [-0.39, 0.29) is 26.1 Å². The van der Waals surface area contributed by atoms with Gasteiger partial charge >= 0.3 is 0 Å². The van der Waals surface area contributed by atoms with Crippen molar-refractivity contribution in [2.75, 3.05) is 5.32 Å². The molecule has 27 heavy (non-hydrogen) atoms. The maximum absolute atomic E-state index is 6.37. The zero-order valence-electron chi connectivity index (χ0n) is 14.4. The van der Waals surface area contributed by atoms with Gasteiger partial charge in [0.15, 0.2) is 0 Å². The molecule has 3 heterocycles. The van der Waals surface area contributed by atoms with Crippen LogP contribution in [0.25, 0.3) is 0 Å². The van der Waals surface area contributed by atoms with Crippen LogP contribution in [0.4, 0.5) is 11.4 Å². The SMILES string of the molecule is C1=CC2=C(I=C1)C1(c3ccccc3Nc3ccccc31)c1ccccc1O2. The molecule has 130 valence electrons. The van der Waals surface area contributed by atoms with Crippen LogP contribution in [0.5, 0.6) is 5.75 Å². The lowest BCUT2D eigenvalue weighted by atomic mass is 9.65. The highest BCUT2D eigenvalue weighted by molar-refractivity contribution is 14.2. The molecule has 3 aliphatic heterocycles. The van der Waals surface area contributed by atoms with E-state index in [0.29, 0.717) is 0 Å². The van der Waals surface area contributed by atoms with Crippen molar-refractivity contribution in [2.45, 2.75) is 5.41 Å². The average Bonchev–Trinajstić information content (AvgIpc) is 2.73. The minimum absolute atomic E-state index is 0.284. The zero-order valence-corrected chi connectivity index (χ0v) is 16.6. The second-order valence-corrected chi connectivity index (χ2v) is 9.26. The first-order valence-corrected chi connectivity index (χ1v) is 11.3. The molecule has 0 aliphatic carbocycles. The lowest BCUT2D eigenvalue weighted by molar-refractivity contribution is 0.408. The Bertz CT molecular complexity index is 1140. The molecule has 0 atom stereocenters. The summed E-state index contributed by atoms with van der Waals surface area (Å²) < 4.78 is 10.1. The molecule has 3 aromatic rings. The number of hydrogen-bond donors (Lipinski definition) is 1. The molecule has 3 heteroatoms. The number of rotatable bonds is 0. The quantitative estimate of drug-likeness (QED) is 0.413. The predicted octanol–water partition coefficient (Wildman–Crippen LogP) is 6.02. The first-order chi connectivity index (χ1) is 13.4. The molecule has 2 nitrogen and oxygen atoms in total. The van der Waals surface area contributed by atoms with E-state index >= 15 is 0 Å². The number of benzene rings is 3. The van der Waals surface area contributed by atoms with Crippen LogP contribution in [0.15, 0.2) is 94.3 Å². The van der Waals surface area contributed by atoms with Gasteiger partial charge in [-0.3, -0.25) is 0 Å². The number of allylic oxidation sites excluding steroid dienone is 3. The number of para-hydroxylation sites is 3. The molecule has 1 spiro atoms. The molecule has 6 rings (SSSR count). The molecule has 0 saturated carbocycles. The van der Waals surface area contributed by atoms with E-state index in [9.17, 15) is 0 Å². The number of hydrogen-bond acceptors (Lipinski definition) is 2. The van der Waals surface area contributed by atoms with Crippen LogP contribution < -0.4 is 10.1 Å². The van der Waals surface area contributed by atoms with E-state index in [0.717, 1.165) is 11.5 Å². The van der Waals surface area contributed by atoms with E-state index in [1.165, 1.54) is 31.6 Å². The van der Waals surface area contributed by atoms with Crippen molar-refractivity contribution in [3.05, 3.63) is 111 Å². The molecule has 3 aromatic carbocycles. The highest BCUT2D eigenvalue weighted by Crippen LogP contribution is 2.61. The van der Waals surface area contributed by atoms with E-state index in [1.807, 2.05) is 0 Å². The topological polar surface area (TPSA) is 21.3 Å². The summed E-state index contributed by atoms with van der Waals surface area (Å²) >= 11 is -0.284. The van der Waals surface area contributed by atoms with Crippen LogP contribution >= 0.6 is 20.7 Å². The van der Waals surface area contributed by atoms with Crippen LogP contribution in [0, 0.1) is 0 Å². The molecule has 0 fully saturated rings. The van der Waals surface area contributed by atoms with Gasteiger partial charge in [0.25, 0.3) is 0 Å². The Hall–Kier alpha value is -2.66. The minimum atomic E-state index is -0.294. The van der Waals surface area contributed by atoms with Crippen molar-refractivity contribution in [3.63, 3.8) is 0 Å². The molecule has 0 bridgehead atoms. The van der Waals surface area contributed by atoms with Gasteiger partial charge in [0.2, 0.25) is 0 Å². The van der Waals surface area contributed by atoms with Gasteiger partial charge < -0.3 is 10.1 Å². The summed E-state index contributed by atoms with van der Waals surface area (Å²) in [5.74, 6) is 1.98. The summed E-state index contributed by atoms with van der Waals surface area (Å²) in [4.78, 5) is 0. The first kappa shape index (κ1) is 15.4. The molecular weight excluding hydrogens is 445 g/mol. The van der Waals surface area contributed by atoms with Crippen LogP contribution in [0.1, 0.15) is 16.7 Å². The second kappa shape index (κ2) is 5.67. The molecule has 0 unspecified atom stereocenters. The van der Waals surface area contributed by atoms with Crippen molar-refractivity contribution in [1.29, 1.82) is 0 Å². The van der Waals surface area contributed by atoms with Gasteiger partial charge in [0, 0.05) is 20.5 Å². The van der Waals surface area contributed by atoms with E-state index in [2.05, 4.69) is 94.3 Å². The predicted molar refractivity (Wildman–Crippen MR) is 119 cm³/mol. The second-order valence-electron chi connectivity index (χ2n) is 6.84. The summed E-state index contributed by atoms with van der Waals surface area (Å²) in [6.07, 6.45) is 4.27. The fourth-order valence-electron chi connectivity index (χ4n) is 4.45. The van der Waals surface area contributed by atoms with Crippen molar-refractivity contribution in [1.82, 2.24) is 0 Å². The Kier molecular flexibility index (Phi) is 3.23. The normalized spacial score (nSPS) is 17.6. The van der Waals surface area contributed by atoms with Gasteiger partial charge in [-0.1, -0.05) is 81.4 Å². The fourth-order valence-corrected chi connectivity index (χ4v) is 7.16.